The van der Waals surface area contributed by atoms with Gasteiger partial charge in [-0.05, 0) is 60.8 Å². The average molecular weight is 493 g/mol. The molecular formula is C26H24N2O4S2. The maximum atomic E-state index is 13.0. The molecule has 0 unspecified atom stereocenters. The minimum atomic E-state index is -0.421. The summed E-state index contributed by atoms with van der Waals surface area (Å²) in [6.07, 6.45) is 4.81. The van der Waals surface area contributed by atoms with Crippen molar-refractivity contribution in [3.63, 3.8) is 0 Å². The van der Waals surface area contributed by atoms with Gasteiger partial charge in [0.25, 0.3) is 11.8 Å². The number of hydrogen-bond donors (Lipinski definition) is 2. The van der Waals surface area contributed by atoms with Crippen LogP contribution in [0.25, 0.3) is 6.08 Å². The van der Waals surface area contributed by atoms with Crippen LogP contribution in [-0.2, 0) is 14.3 Å². The Kier molecular flexibility index (Phi) is 9.69. The van der Waals surface area contributed by atoms with E-state index in [9.17, 15) is 14.4 Å². The molecule has 0 aliphatic heterocycles. The molecule has 0 spiro atoms. The van der Waals surface area contributed by atoms with Gasteiger partial charge in [0.05, 0.1) is 6.61 Å². The van der Waals surface area contributed by atoms with Crippen molar-refractivity contribution < 1.29 is 19.1 Å². The van der Waals surface area contributed by atoms with E-state index in [1.807, 2.05) is 35.7 Å². The van der Waals surface area contributed by atoms with Crippen molar-refractivity contribution in [2.24, 2.45) is 0 Å². The van der Waals surface area contributed by atoms with Gasteiger partial charge >= 0.3 is 5.97 Å². The van der Waals surface area contributed by atoms with Crippen LogP contribution in [-0.4, -0.2) is 30.1 Å². The molecule has 34 heavy (non-hydrogen) atoms. The zero-order chi connectivity index (χ0) is 24.2. The minimum Gasteiger partial charge on any atom is -0.463 e. The highest BCUT2D eigenvalue weighted by atomic mass is 32.2. The molecule has 0 atom stereocenters. The molecule has 2 aromatic carbocycles. The third-order valence-corrected chi connectivity index (χ3v) is 6.14. The van der Waals surface area contributed by atoms with Gasteiger partial charge in [-0.2, -0.15) is 0 Å². The van der Waals surface area contributed by atoms with Crippen molar-refractivity contribution in [2.75, 3.05) is 17.7 Å². The highest BCUT2D eigenvalue weighted by Crippen LogP contribution is 2.21. The summed E-state index contributed by atoms with van der Waals surface area (Å²) in [5.74, 6) is -0.521. The van der Waals surface area contributed by atoms with Crippen LogP contribution in [0.15, 0.2) is 94.9 Å². The molecule has 1 aromatic heterocycles. The Hall–Kier alpha value is -3.62. The molecule has 1 heterocycles. The maximum Gasteiger partial charge on any atom is 0.330 e. The molecule has 0 aliphatic carbocycles. The van der Waals surface area contributed by atoms with Gasteiger partial charge in [-0.3, -0.25) is 9.59 Å². The van der Waals surface area contributed by atoms with Crippen LogP contribution in [0.2, 0.25) is 0 Å². The number of ether oxygens (including phenoxy) is 1. The fourth-order valence-electron chi connectivity index (χ4n) is 2.77. The van der Waals surface area contributed by atoms with Gasteiger partial charge in [-0.15, -0.1) is 23.1 Å². The summed E-state index contributed by atoms with van der Waals surface area (Å²) in [6, 6.07) is 19.8. The Morgan fingerprint density at radius 3 is 2.44 bits per heavy atom. The number of carbonyl (C=O) groups excluding carboxylic acids is 3. The number of carbonyl (C=O) groups is 3. The van der Waals surface area contributed by atoms with Gasteiger partial charge in [0.1, 0.15) is 5.70 Å². The summed E-state index contributed by atoms with van der Waals surface area (Å²) in [7, 11) is 0. The lowest BCUT2D eigenvalue weighted by Gasteiger charge is -2.11. The topological polar surface area (TPSA) is 84.5 Å². The number of esters is 1. The van der Waals surface area contributed by atoms with E-state index in [-0.39, 0.29) is 17.6 Å². The van der Waals surface area contributed by atoms with Gasteiger partial charge < -0.3 is 15.4 Å². The average Bonchev–Trinajstić information content (AvgIpc) is 3.36. The lowest BCUT2D eigenvalue weighted by molar-refractivity contribution is -0.137. The van der Waals surface area contributed by atoms with Gasteiger partial charge in [0, 0.05) is 32.9 Å². The number of hydrogen-bond acceptors (Lipinski definition) is 6. The second-order valence-corrected chi connectivity index (χ2v) is 8.91. The summed E-state index contributed by atoms with van der Waals surface area (Å²) in [4.78, 5) is 38.7. The van der Waals surface area contributed by atoms with Crippen molar-refractivity contribution in [1.82, 2.24) is 5.32 Å². The predicted molar refractivity (Wildman–Crippen MR) is 138 cm³/mol. The first kappa shape index (κ1) is 25.0. The lowest BCUT2D eigenvalue weighted by Crippen LogP contribution is -2.30. The summed E-state index contributed by atoms with van der Waals surface area (Å²) >= 11 is 3.02. The molecule has 0 saturated carbocycles. The molecular weight excluding hydrogens is 468 g/mol. The van der Waals surface area contributed by atoms with E-state index in [2.05, 4.69) is 10.6 Å². The quantitative estimate of drug-likeness (QED) is 0.226. The highest BCUT2D eigenvalue weighted by Gasteiger charge is 2.15. The molecule has 0 bridgehead atoms. The number of benzene rings is 2. The first-order chi connectivity index (χ1) is 16.5. The van der Waals surface area contributed by atoms with E-state index in [1.165, 1.54) is 17.4 Å². The number of thiophene rings is 1. The van der Waals surface area contributed by atoms with Crippen molar-refractivity contribution in [1.29, 1.82) is 0 Å². The zero-order valence-corrected chi connectivity index (χ0v) is 20.2. The lowest BCUT2D eigenvalue weighted by atomic mass is 10.2. The minimum absolute atomic E-state index is 0.152. The van der Waals surface area contributed by atoms with E-state index in [4.69, 9.17) is 4.74 Å². The van der Waals surface area contributed by atoms with Crippen molar-refractivity contribution >= 4 is 52.6 Å². The normalized spacial score (nSPS) is 11.3. The van der Waals surface area contributed by atoms with Crippen LogP contribution < -0.4 is 10.6 Å². The number of amides is 2. The van der Waals surface area contributed by atoms with E-state index >= 15 is 0 Å². The third-order valence-electron chi connectivity index (χ3n) is 4.36. The first-order valence-electron chi connectivity index (χ1n) is 10.5. The van der Waals surface area contributed by atoms with E-state index in [0.29, 0.717) is 23.6 Å². The van der Waals surface area contributed by atoms with E-state index in [0.717, 1.165) is 9.77 Å². The molecule has 0 fully saturated rings. The summed E-state index contributed by atoms with van der Waals surface area (Å²) < 4.78 is 4.84. The highest BCUT2D eigenvalue weighted by molar-refractivity contribution is 7.99. The second kappa shape index (κ2) is 13.2. The summed E-state index contributed by atoms with van der Waals surface area (Å²) in [6.45, 7) is 2.11. The molecule has 0 radical (unpaired) electrons. The largest absolute Gasteiger partial charge is 0.463 e. The maximum absolute atomic E-state index is 13.0. The first-order valence-corrected chi connectivity index (χ1v) is 12.4. The van der Waals surface area contributed by atoms with Crippen molar-refractivity contribution in [3.05, 3.63) is 100 Å². The van der Waals surface area contributed by atoms with Crippen LogP contribution >= 0.6 is 23.1 Å². The molecule has 2 N–H and O–H groups in total. The molecule has 2 amide bonds. The van der Waals surface area contributed by atoms with Crippen LogP contribution in [0.1, 0.15) is 22.2 Å². The Morgan fingerprint density at radius 1 is 1.00 bits per heavy atom. The molecule has 0 saturated heterocycles. The van der Waals surface area contributed by atoms with Crippen molar-refractivity contribution in [2.45, 2.75) is 11.8 Å². The van der Waals surface area contributed by atoms with Gasteiger partial charge in [-0.1, -0.05) is 30.3 Å². The standard InChI is InChI=1S/C26H24N2O4S2/c1-2-32-24(29)11-7-17-33-21-14-12-20(13-15-21)27-26(31)23(18-22-10-6-16-34-22)28-25(30)19-8-4-3-5-9-19/h3-16,18H,2,17H2,1H3,(H,27,31)(H,28,30)/b11-7+,23-18-. The van der Waals surface area contributed by atoms with Gasteiger partial charge in [-0.25, -0.2) is 4.79 Å². The SMILES string of the molecule is CCOC(=O)/C=C/CSc1ccc(NC(=O)/C(=C/c2cccs2)NC(=O)c2ccccc2)cc1. The number of rotatable bonds is 10. The number of anilines is 1. The molecule has 6 nitrogen and oxygen atoms in total. The number of nitrogens with one attached hydrogen (secondary N) is 2. The molecule has 3 rings (SSSR count). The molecule has 3 aromatic rings. The van der Waals surface area contributed by atoms with E-state index in [1.54, 1.807) is 67.2 Å². The Morgan fingerprint density at radius 2 is 1.76 bits per heavy atom. The van der Waals surface area contributed by atoms with E-state index < -0.39 is 5.91 Å². The predicted octanol–water partition coefficient (Wildman–Crippen LogP) is 5.37. The van der Waals surface area contributed by atoms with Crippen LogP contribution in [0.5, 0.6) is 0 Å². The second-order valence-electron chi connectivity index (χ2n) is 6.84. The fourth-order valence-corrected chi connectivity index (χ4v) is 4.14. The van der Waals surface area contributed by atoms with Gasteiger partial charge in [0.2, 0.25) is 0 Å². The third kappa shape index (κ3) is 8.06. The molecule has 0 aliphatic rings. The smallest absolute Gasteiger partial charge is 0.330 e. The molecule has 8 heteroatoms. The van der Waals surface area contributed by atoms with Crippen LogP contribution in [0, 0.1) is 0 Å². The Balaban J connectivity index is 1.63. The van der Waals surface area contributed by atoms with Crippen molar-refractivity contribution in [3.8, 4) is 0 Å². The van der Waals surface area contributed by atoms with Crippen LogP contribution in [0.4, 0.5) is 5.69 Å². The van der Waals surface area contributed by atoms with Crippen LogP contribution in [0.3, 0.4) is 0 Å². The summed E-state index contributed by atoms with van der Waals surface area (Å²) in [5.41, 5.74) is 1.21. The Labute approximate surface area is 206 Å². The fraction of sp³-hybridized carbons (Fsp3) is 0.115. The zero-order valence-electron chi connectivity index (χ0n) is 18.5. The van der Waals surface area contributed by atoms with Gasteiger partial charge in [0.15, 0.2) is 0 Å². The Bertz CT molecular complexity index is 1160. The monoisotopic (exact) mass is 492 g/mol. The summed E-state index contributed by atoms with van der Waals surface area (Å²) in [5, 5.41) is 7.46. The number of thioether (sulfide) groups is 1. The molecule has 174 valence electrons.